The van der Waals surface area contributed by atoms with Crippen molar-refractivity contribution in [3.05, 3.63) is 59.7 Å². The molecule has 192 valence electrons. The summed E-state index contributed by atoms with van der Waals surface area (Å²) in [6, 6.07) is 14.1. The number of carbonyl (C=O) groups is 2. The quantitative estimate of drug-likeness (QED) is 0.453. The molecule has 8 nitrogen and oxygen atoms in total. The van der Waals surface area contributed by atoms with Gasteiger partial charge in [-0.1, -0.05) is 50.2 Å². The minimum absolute atomic E-state index is 0.241. The van der Waals surface area contributed by atoms with Gasteiger partial charge in [0.05, 0.1) is 19.1 Å². The summed E-state index contributed by atoms with van der Waals surface area (Å²) in [6.45, 7) is 5.98. The summed E-state index contributed by atoms with van der Waals surface area (Å²) in [5, 5.41) is 2.87. The number of benzene rings is 2. The van der Waals surface area contributed by atoms with Crippen molar-refractivity contribution in [2.24, 2.45) is 0 Å². The summed E-state index contributed by atoms with van der Waals surface area (Å²) >= 11 is 0. The first kappa shape index (κ1) is 28.2. The summed E-state index contributed by atoms with van der Waals surface area (Å²) in [5.74, 6) is -0.347. The first-order valence-corrected chi connectivity index (χ1v) is 13.7. The van der Waals surface area contributed by atoms with Crippen LogP contribution < -0.4 is 14.4 Å². The lowest BCUT2D eigenvalue weighted by molar-refractivity contribution is -0.139. The minimum atomic E-state index is -3.82. The Hall–Kier alpha value is -3.07. The smallest absolute Gasteiger partial charge is 0.244 e. The fraction of sp³-hybridized carbons (Fsp3) is 0.462. The third-order valence-corrected chi connectivity index (χ3v) is 6.83. The predicted molar refractivity (Wildman–Crippen MR) is 139 cm³/mol. The third kappa shape index (κ3) is 7.99. The van der Waals surface area contributed by atoms with Gasteiger partial charge in [0.2, 0.25) is 21.8 Å². The maximum absolute atomic E-state index is 13.7. The van der Waals surface area contributed by atoms with E-state index in [0.717, 1.165) is 28.1 Å². The Bertz CT molecular complexity index is 1090. The van der Waals surface area contributed by atoms with Gasteiger partial charge < -0.3 is 15.0 Å². The van der Waals surface area contributed by atoms with Crippen LogP contribution in [0.5, 0.6) is 5.75 Å². The van der Waals surface area contributed by atoms with E-state index in [1.165, 1.54) is 12.0 Å². The normalized spacial score (nSPS) is 12.0. The molecule has 1 N–H and O–H groups in total. The van der Waals surface area contributed by atoms with Gasteiger partial charge in [0.15, 0.2) is 0 Å². The van der Waals surface area contributed by atoms with Crippen molar-refractivity contribution in [1.29, 1.82) is 0 Å². The molecular weight excluding hydrogens is 466 g/mol. The topological polar surface area (TPSA) is 96.0 Å². The molecule has 2 amide bonds. The molecule has 0 fully saturated rings. The van der Waals surface area contributed by atoms with E-state index >= 15 is 0 Å². The molecule has 0 saturated carbocycles. The Morgan fingerprint density at radius 1 is 1.09 bits per heavy atom. The highest BCUT2D eigenvalue weighted by molar-refractivity contribution is 7.92. The molecule has 0 spiro atoms. The predicted octanol–water partition coefficient (Wildman–Crippen LogP) is 3.15. The summed E-state index contributed by atoms with van der Waals surface area (Å²) in [6.07, 6.45) is 2.77. The zero-order valence-corrected chi connectivity index (χ0v) is 22.1. The molecule has 0 bridgehead atoms. The Kier molecular flexibility index (Phi) is 10.6. The number of carbonyl (C=O) groups excluding carboxylic acids is 2. The largest absolute Gasteiger partial charge is 0.495 e. The van der Waals surface area contributed by atoms with E-state index in [1.807, 2.05) is 57.2 Å². The van der Waals surface area contributed by atoms with E-state index in [4.69, 9.17) is 4.74 Å². The molecule has 0 aliphatic heterocycles. The Morgan fingerprint density at radius 2 is 1.77 bits per heavy atom. The van der Waals surface area contributed by atoms with Gasteiger partial charge >= 0.3 is 0 Å². The lowest BCUT2D eigenvalue weighted by atomic mass is 10.1. The van der Waals surface area contributed by atoms with Crippen molar-refractivity contribution in [3.8, 4) is 5.75 Å². The van der Waals surface area contributed by atoms with Crippen LogP contribution in [-0.4, -0.2) is 64.2 Å². The minimum Gasteiger partial charge on any atom is -0.495 e. The number of methoxy groups -OCH3 is 1. The molecule has 2 aromatic carbocycles. The number of aryl methyl sites for hydroxylation is 1. The second-order valence-corrected chi connectivity index (χ2v) is 10.4. The highest BCUT2D eigenvalue weighted by Gasteiger charge is 2.32. The molecule has 0 unspecified atom stereocenters. The highest BCUT2D eigenvalue weighted by Crippen LogP contribution is 2.31. The average molecular weight is 504 g/mol. The van der Waals surface area contributed by atoms with Crippen LogP contribution in [0.15, 0.2) is 48.5 Å². The lowest BCUT2D eigenvalue weighted by Gasteiger charge is -2.33. The zero-order valence-electron chi connectivity index (χ0n) is 21.3. The van der Waals surface area contributed by atoms with Crippen molar-refractivity contribution in [3.63, 3.8) is 0 Å². The molecular formula is C26H37N3O5S. The van der Waals surface area contributed by atoms with Crippen molar-refractivity contribution in [2.75, 3.05) is 37.3 Å². The van der Waals surface area contributed by atoms with Crippen LogP contribution in [0.3, 0.4) is 0 Å². The molecule has 9 heteroatoms. The molecule has 0 saturated heterocycles. The van der Waals surface area contributed by atoms with Crippen molar-refractivity contribution in [2.45, 2.75) is 46.1 Å². The van der Waals surface area contributed by atoms with E-state index < -0.39 is 28.5 Å². The second-order valence-electron chi connectivity index (χ2n) is 8.48. The van der Waals surface area contributed by atoms with Gasteiger partial charge in [-0.15, -0.1) is 0 Å². The molecule has 0 aromatic heterocycles. The van der Waals surface area contributed by atoms with Crippen LogP contribution in [0.25, 0.3) is 0 Å². The van der Waals surface area contributed by atoms with Crippen LogP contribution in [0.4, 0.5) is 5.69 Å². The third-order valence-electron chi connectivity index (χ3n) is 5.70. The van der Waals surface area contributed by atoms with Crippen LogP contribution in [-0.2, 0) is 26.0 Å². The Balaban J connectivity index is 2.41. The fourth-order valence-electron chi connectivity index (χ4n) is 3.85. The average Bonchev–Trinajstić information content (AvgIpc) is 2.83. The Morgan fingerprint density at radius 3 is 2.34 bits per heavy atom. The fourth-order valence-corrected chi connectivity index (χ4v) is 4.70. The molecule has 0 heterocycles. The number of hydrogen-bond acceptors (Lipinski definition) is 5. The first-order chi connectivity index (χ1) is 16.6. The van der Waals surface area contributed by atoms with Gasteiger partial charge in [-0.3, -0.25) is 13.9 Å². The van der Waals surface area contributed by atoms with Gasteiger partial charge in [0, 0.05) is 13.1 Å². The first-order valence-electron chi connectivity index (χ1n) is 11.9. The summed E-state index contributed by atoms with van der Waals surface area (Å²) in [4.78, 5) is 28.1. The van der Waals surface area contributed by atoms with Gasteiger partial charge in [0.1, 0.15) is 18.3 Å². The number of nitrogens with one attached hydrogen (secondary N) is 1. The van der Waals surface area contributed by atoms with Crippen LogP contribution in [0.1, 0.15) is 37.8 Å². The number of sulfonamides is 1. The van der Waals surface area contributed by atoms with Gasteiger partial charge in [-0.05, 0) is 49.4 Å². The van der Waals surface area contributed by atoms with Gasteiger partial charge in [0.25, 0.3) is 0 Å². The van der Waals surface area contributed by atoms with E-state index in [1.54, 1.807) is 12.1 Å². The Labute approximate surface area is 209 Å². The second kappa shape index (κ2) is 13.1. The van der Waals surface area contributed by atoms with E-state index in [-0.39, 0.29) is 18.1 Å². The van der Waals surface area contributed by atoms with Crippen LogP contribution in [0.2, 0.25) is 0 Å². The molecule has 2 aromatic rings. The maximum atomic E-state index is 13.7. The molecule has 0 aliphatic carbocycles. The van der Waals surface area contributed by atoms with Crippen LogP contribution >= 0.6 is 0 Å². The molecule has 0 aliphatic rings. The van der Waals surface area contributed by atoms with E-state index in [2.05, 4.69) is 5.32 Å². The van der Waals surface area contributed by atoms with Crippen LogP contribution in [0, 0.1) is 6.92 Å². The zero-order chi connectivity index (χ0) is 26.0. The van der Waals surface area contributed by atoms with Gasteiger partial charge in [-0.25, -0.2) is 8.42 Å². The number of ether oxygens (including phenoxy) is 1. The number of rotatable bonds is 13. The van der Waals surface area contributed by atoms with E-state index in [9.17, 15) is 18.0 Å². The maximum Gasteiger partial charge on any atom is 0.244 e. The van der Waals surface area contributed by atoms with Crippen molar-refractivity contribution >= 4 is 27.5 Å². The lowest BCUT2D eigenvalue weighted by Crippen LogP contribution is -2.53. The van der Waals surface area contributed by atoms with E-state index in [0.29, 0.717) is 25.1 Å². The number of anilines is 1. The monoisotopic (exact) mass is 503 g/mol. The highest BCUT2D eigenvalue weighted by atomic mass is 32.2. The number of hydrogen-bond donors (Lipinski definition) is 1. The SMILES string of the molecule is CCCNC(=O)[C@H](CC)N(CCc1ccccc1)C(=O)CN(c1cc(C)ccc1OC)S(C)(=O)=O. The summed E-state index contributed by atoms with van der Waals surface area (Å²) < 4.78 is 32.0. The standard InChI is InChI=1S/C26H37N3O5S/c1-6-16-27-26(31)22(7-2)28(17-15-21-11-9-8-10-12-21)25(30)19-29(35(5,32)33)23-18-20(3)13-14-24(23)34-4/h8-14,18,22H,6-7,15-17,19H2,1-5H3,(H,27,31)/t22-/m0/s1. The van der Waals surface area contributed by atoms with Crippen molar-refractivity contribution < 1.29 is 22.7 Å². The summed E-state index contributed by atoms with van der Waals surface area (Å²) in [7, 11) is -2.37. The number of nitrogens with zero attached hydrogens (tertiary/aromatic N) is 2. The summed E-state index contributed by atoms with van der Waals surface area (Å²) in [5.41, 5.74) is 2.14. The molecule has 1 atom stereocenters. The van der Waals surface area contributed by atoms with Gasteiger partial charge in [-0.2, -0.15) is 0 Å². The number of amides is 2. The molecule has 35 heavy (non-hydrogen) atoms. The van der Waals surface area contributed by atoms with Crippen molar-refractivity contribution in [1.82, 2.24) is 10.2 Å². The molecule has 0 radical (unpaired) electrons. The molecule has 2 rings (SSSR count).